The molecule has 0 saturated heterocycles. The first-order chi connectivity index (χ1) is 13.0. The Morgan fingerprint density at radius 1 is 0.963 bits per heavy atom. The predicted molar refractivity (Wildman–Crippen MR) is 99.7 cm³/mol. The number of hydrogen-bond acceptors (Lipinski definition) is 5. The molecule has 0 atom stereocenters. The monoisotopic (exact) mass is 365 g/mol. The SMILES string of the molecule is COC(=O)c1cccc(NC(=O)c2ccc(Nc3cccc(F)c3)cn2)c1. The molecule has 136 valence electrons. The summed E-state index contributed by atoms with van der Waals surface area (Å²) in [6, 6.07) is 15.6. The fourth-order valence-corrected chi connectivity index (χ4v) is 2.37. The molecule has 3 rings (SSSR count). The van der Waals surface area contributed by atoms with E-state index in [-0.39, 0.29) is 11.5 Å². The van der Waals surface area contributed by atoms with Crippen molar-refractivity contribution in [3.8, 4) is 0 Å². The maximum atomic E-state index is 13.2. The van der Waals surface area contributed by atoms with Crippen LogP contribution in [0.5, 0.6) is 0 Å². The van der Waals surface area contributed by atoms with Crippen LogP contribution in [-0.2, 0) is 4.74 Å². The second-order valence-electron chi connectivity index (χ2n) is 5.59. The number of methoxy groups -OCH3 is 1. The number of esters is 1. The highest BCUT2D eigenvalue weighted by Crippen LogP contribution is 2.17. The molecule has 1 amide bonds. The van der Waals surface area contributed by atoms with Gasteiger partial charge in [-0.2, -0.15) is 0 Å². The number of rotatable bonds is 5. The van der Waals surface area contributed by atoms with Gasteiger partial charge >= 0.3 is 5.97 Å². The van der Waals surface area contributed by atoms with Crippen LogP contribution in [0, 0.1) is 5.82 Å². The second kappa shape index (κ2) is 8.09. The van der Waals surface area contributed by atoms with Crippen molar-refractivity contribution < 1.29 is 18.7 Å². The van der Waals surface area contributed by atoms with E-state index in [0.717, 1.165) is 0 Å². The molecule has 6 nitrogen and oxygen atoms in total. The number of pyridine rings is 1. The molecule has 0 radical (unpaired) electrons. The zero-order chi connectivity index (χ0) is 19.2. The average Bonchev–Trinajstić information content (AvgIpc) is 2.68. The van der Waals surface area contributed by atoms with Crippen LogP contribution >= 0.6 is 0 Å². The second-order valence-corrected chi connectivity index (χ2v) is 5.59. The van der Waals surface area contributed by atoms with Crippen LogP contribution in [0.3, 0.4) is 0 Å². The van der Waals surface area contributed by atoms with E-state index in [4.69, 9.17) is 0 Å². The topological polar surface area (TPSA) is 80.3 Å². The minimum absolute atomic E-state index is 0.197. The van der Waals surface area contributed by atoms with E-state index in [9.17, 15) is 14.0 Å². The molecule has 0 fully saturated rings. The van der Waals surface area contributed by atoms with Crippen LogP contribution in [-0.4, -0.2) is 24.0 Å². The van der Waals surface area contributed by atoms with Gasteiger partial charge in [-0.05, 0) is 48.5 Å². The van der Waals surface area contributed by atoms with E-state index < -0.39 is 11.9 Å². The van der Waals surface area contributed by atoms with Crippen molar-refractivity contribution >= 4 is 28.9 Å². The largest absolute Gasteiger partial charge is 0.465 e. The maximum Gasteiger partial charge on any atom is 0.337 e. The Balaban J connectivity index is 1.68. The number of halogens is 1. The normalized spacial score (nSPS) is 10.1. The van der Waals surface area contributed by atoms with Gasteiger partial charge in [-0.3, -0.25) is 4.79 Å². The number of carbonyl (C=O) groups excluding carboxylic acids is 2. The number of ether oxygens (including phenoxy) is 1. The molecule has 0 saturated carbocycles. The Kier molecular flexibility index (Phi) is 5.41. The third-order valence-electron chi connectivity index (χ3n) is 3.65. The van der Waals surface area contributed by atoms with Gasteiger partial charge in [-0.15, -0.1) is 0 Å². The van der Waals surface area contributed by atoms with Crippen molar-refractivity contribution in [2.24, 2.45) is 0 Å². The van der Waals surface area contributed by atoms with Crippen molar-refractivity contribution in [2.75, 3.05) is 17.7 Å². The highest BCUT2D eigenvalue weighted by molar-refractivity contribution is 6.03. The van der Waals surface area contributed by atoms with E-state index in [2.05, 4.69) is 20.4 Å². The molecule has 7 heteroatoms. The van der Waals surface area contributed by atoms with Crippen LogP contribution in [0.1, 0.15) is 20.8 Å². The zero-order valence-electron chi connectivity index (χ0n) is 14.4. The summed E-state index contributed by atoms with van der Waals surface area (Å²) in [7, 11) is 1.29. The van der Waals surface area contributed by atoms with E-state index in [1.54, 1.807) is 42.5 Å². The highest BCUT2D eigenvalue weighted by Gasteiger charge is 2.10. The molecule has 0 bridgehead atoms. The number of anilines is 3. The Hall–Kier alpha value is -3.74. The molecule has 0 aliphatic carbocycles. The quantitative estimate of drug-likeness (QED) is 0.668. The smallest absolute Gasteiger partial charge is 0.337 e. The first-order valence-electron chi connectivity index (χ1n) is 8.03. The zero-order valence-corrected chi connectivity index (χ0v) is 14.4. The molecule has 0 unspecified atom stereocenters. The van der Waals surface area contributed by atoms with E-state index in [1.807, 2.05) is 0 Å². The fraction of sp³-hybridized carbons (Fsp3) is 0.0500. The number of nitrogens with one attached hydrogen (secondary N) is 2. The number of hydrogen-bond donors (Lipinski definition) is 2. The van der Waals surface area contributed by atoms with Crippen molar-refractivity contribution in [1.29, 1.82) is 0 Å². The van der Waals surface area contributed by atoms with Crippen LogP contribution in [0.2, 0.25) is 0 Å². The molecular weight excluding hydrogens is 349 g/mol. The van der Waals surface area contributed by atoms with Gasteiger partial charge in [0.15, 0.2) is 0 Å². The molecule has 0 aliphatic heterocycles. The van der Waals surface area contributed by atoms with Crippen LogP contribution < -0.4 is 10.6 Å². The predicted octanol–water partition coefficient (Wildman–Crippen LogP) is 4.00. The van der Waals surface area contributed by atoms with Gasteiger partial charge in [0.25, 0.3) is 5.91 Å². The Labute approximate surface area is 155 Å². The van der Waals surface area contributed by atoms with Gasteiger partial charge in [0.1, 0.15) is 11.5 Å². The van der Waals surface area contributed by atoms with Gasteiger partial charge in [0.2, 0.25) is 0 Å². The molecular formula is C20H16FN3O3. The average molecular weight is 365 g/mol. The van der Waals surface area contributed by atoms with Crippen molar-refractivity contribution in [2.45, 2.75) is 0 Å². The molecule has 2 N–H and O–H groups in total. The number of carbonyl (C=O) groups is 2. The van der Waals surface area contributed by atoms with Crippen molar-refractivity contribution in [3.05, 3.63) is 83.9 Å². The van der Waals surface area contributed by atoms with Gasteiger partial charge < -0.3 is 15.4 Å². The molecule has 2 aromatic carbocycles. The molecule has 1 heterocycles. The Morgan fingerprint density at radius 2 is 1.74 bits per heavy atom. The Morgan fingerprint density at radius 3 is 2.44 bits per heavy atom. The summed E-state index contributed by atoms with van der Waals surface area (Å²) in [4.78, 5) is 28.0. The maximum absolute atomic E-state index is 13.2. The number of benzene rings is 2. The molecule has 3 aromatic rings. The van der Waals surface area contributed by atoms with E-state index >= 15 is 0 Å². The number of aromatic nitrogens is 1. The minimum Gasteiger partial charge on any atom is -0.465 e. The van der Waals surface area contributed by atoms with Crippen LogP contribution in [0.15, 0.2) is 66.9 Å². The summed E-state index contributed by atoms with van der Waals surface area (Å²) in [5.41, 5.74) is 2.17. The summed E-state index contributed by atoms with van der Waals surface area (Å²) in [6.07, 6.45) is 1.48. The summed E-state index contributed by atoms with van der Waals surface area (Å²) >= 11 is 0. The lowest BCUT2D eigenvalue weighted by atomic mass is 10.2. The summed E-state index contributed by atoms with van der Waals surface area (Å²) in [5, 5.41) is 5.68. The van der Waals surface area contributed by atoms with Crippen LogP contribution in [0.25, 0.3) is 0 Å². The first kappa shape index (κ1) is 18.1. The summed E-state index contributed by atoms with van der Waals surface area (Å²) in [6.45, 7) is 0. The third kappa shape index (κ3) is 4.66. The highest BCUT2D eigenvalue weighted by atomic mass is 19.1. The lowest BCUT2D eigenvalue weighted by molar-refractivity contribution is 0.0600. The van der Waals surface area contributed by atoms with Crippen molar-refractivity contribution in [3.63, 3.8) is 0 Å². The lowest BCUT2D eigenvalue weighted by Crippen LogP contribution is -2.14. The van der Waals surface area contributed by atoms with Gasteiger partial charge in [-0.1, -0.05) is 12.1 Å². The number of nitrogens with zero attached hydrogens (tertiary/aromatic N) is 1. The van der Waals surface area contributed by atoms with E-state index in [1.165, 1.54) is 31.5 Å². The third-order valence-corrected chi connectivity index (χ3v) is 3.65. The van der Waals surface area contributed by atoms with Gasteiger partial charge in [0.05, 0.1) is 24.6 Å². The van der Waals surface area contributed by atoms with Gasteiger partial charge in [0, 0.05) is 11.4 Å². The lowest BCUT2D eigenvalue weighted by Gasteiger charge is -2.08. The summed E-state index contributed by atoms with van der Waals surface area (Å²) in [5.74, 6) is -1.26. The summed E-state index contributed by atoms with van der Waals surface area (Å²) < 4.78 is 17.9. The Bertz CT molecular complexity index is 974. The first-order valence-corrected chi connectivity index (χ1v) is 8.03. The standard InChI is InChI=1S/C20H16FN3O3/c1-27-20(26)13-4-2-6-15(10-13)24-19(25)18-9-8-17(12-22-18)23-16-7-3-5-14(21)11-16/h2-12,23H,1H3,(H,24,25). The van der Waals surface area contributed by atoms with Crippen LogP contribution in [0.4, 0.5) is 21.5 Å². The molecule has 1 aromatic heterocycles. The molecule has 27 heavy (non-hydrogen) atoms. The van der Waals surface area contributed by atoms with E-state index in [0.29, 0.717) is 22.6 Å². The fourth-order valence-electron chi connectivity index (χ4n) is 2.37. The number of amides is 1. The van der Waals surface area contributed by atoms with Gasteiger partial charge in [-0.25, -0.2) is 14.2 Å². The molecule has 0 spiro atoms. The van der Waals surface area contributed by atoms with Crippen molar-refractivity contribution in [1.82, 2.24) is 4.98 Å². The molecule has 0 aliphatic rings. The minimum atomic E-state index is -0.489.